The molecule has 3 nitrogen and oxygen atoms in total. The highest BCUT2D eigenvalue weighted by molar-refractivity contribution is 6.31. The van der Waals surface area contributed by atoms with Crippen LogP contribution < -0.4 is 5.32 Å². The minimum Gasteiger partial charge on any atom is -0.350 e. The zero-order chi connectivity index (χ0) is 16.4. The van der Waals surface area contributed by atoms with Crippen molar-refractivity contribution in [3.05, 3.63) is 70.6 Å². The first-order chi connectivity index (χ1) is 11.1. The molecule has 1 aromatic heterocycles. The normalized spacial score (nSPS) is 10.9. The van der Waals surface area contributed by atoms with E-state index >= 15 is 0 Å². The van der Waals surface area contributed by atoms with Crippen LogP contribution in [0.1, 0.15) is 16.1 Å². The van der Waals surface area contributed by atoms with E-state index in [0.717, 1.165) is 5.56 Å². The molecule has 0 fully saturated rings. The van der Waals surface area contributed by atoms with Gasteiger partial charge in [0.1, 0.15) is 11.5 Å². The lowest BCUT2D eigenvalue weighted by atomic mass is 10.1. The molecule has 0 bridgehead atoms. The minimum atomic E-state index is -0.326. The average molecular weight is 331 g/mol. The predicted molar refractivity (Wildman–Crippen MR) is 90.4 cm³/mol. The summed E-state index contributed by atoms with van der Waals surface area (Å²) < 4.78 is 15.5. The molecule has 0 radical (unpaired) electrons. The summed E-state index contributed by atoms with van der Waals surface area (Å²) in [6.45, 7) is 0.465. The Balaban J connectivity index is 1.73. The summed E-state index contributed by atoms with van der Waals surface area (Å²) in [5.41, 5.74) is 2.11. The Labute approximate surface area is 138 Å². The lowest BCUT2D eigenvalue weighted by Crippen LogP contribution is -2.27. The Morgan fingerprint density at radius 3 is 2.74 bits per heavy atom. The van der Waals surface area contributed by atoms with Crippen LogP contribution in [0.5, 0.6) is 0 Å². The third kappa shape index (κ3) is 3.08. The summed E-state index contributed by atoms with van der Waals surface area (Å²) in [6, 6.07) is 13.9. The summed E-state index contributed by atoms with van der Waals surface area (Å²) in [7, 11) is 1.75. The van der Waals surface area contributed by atoms with Crippen molar-refractivity contribution < 1.29 is 9.18 Å². The van der Waals surface area contributed by atoms with E-state index in [4.69, 9.17) is 11.6 Å². The highest BCUT2D eigenvalue weighted by Gasteiger charge is 2.15. The zero-order valence-corrected chi connectivity index (χ0v) is 13.4. The fraction of sp³-hybridized carbons (Fsp3) is 0.167. The van der Waals surface area contributed by atoms with Crippen LogP contribution in [0, 0.1) is 5.82 Å². The molecule has 0 spiro atoms. The summed E-state index contributed by atoms with van der Waals surface area (Å²) in [6.07, 6.45) is 0.643. The lowest BCUT2D eigenvalue weighted by Gasteiger charge is -2.07. The van der Waals surface area contributed by atoms with Gasteiger partial charge in [0, 0.05) is 24.0 Å². The number of hydrogen-bond acceptors (Lipinski definition) is 1. The van der Waals surface area contributed by atoms with Crippen LogP contribution in [0.4, 0.5) is 4.39 Å². The fourth-order valence-corrected chi connectivity index (χ4v) is 2.87. The number of benzene rings is 2. The van der Waals surface area contributed by atoms with Gasteiger partial charge in [-0.25, -0.2) is 4.39 Å². The lowest BCUT2D eigenvalue weighted by molar-refractivity contribution is 0.0946. The second-order valence-electron chi connectivity index (χ2n) is 5.36. The highest BCUT2D eigenvalue weighted by Crippen LogP contribution is 2.21. The summed E-state index contributed by atoms with van der Waals surface area (Å²) in [5, 5.41) is 3.99. The third-order valence-electron chi connectivity index (χ3n) is 3.90. The van der Waals surface area contributed by atoms with E-state index in [9.17, 15) is 9.18 Å². The zero-order valence-electron chi connectivity index (χ0n) is 12.6. The van der Waals surface area contributed by atoms with Gasteiger partial charge in [0.25, 0.3) is 5.91 Å². The van der Waals surface area contributed by atoms with E-state index in [-0.39, 0.29) is 11.7 Å². The molecule has 1 N–H and O–H groups in total. The van der Waals surface area contributed by atoms with Crippen molar-refractivity contribution in [2.45, 2.75) is 6.42 Å². The molecule has 0 aliphatic rings. The number of rotatable bonds is 4. The Kier molecular flexibility index (Phi) is 4.35. The quantitative estimate of drug-likeness (QED) is 0.772. The van der Waals surface area contributed by atoms with Crippen LogP contribution in [0.25, 0.3) is 10.9 Å². The van der Waals surface area contributed by atoms with Crippen LogP contribution in [-0.4, -0.2) is 17.0 Å². The number of carbonyl (C=O) groups is 1. The van der Waals surface area contributed by atoms with Gasteiger partial charge in [-0.2, -0.15) is 0 Å². The molecule has 5 heteroatoms. The van der Waals surface area contributed by atoms with E-state index < -0.39 is 0 Å². The molecule has 118 valence electrons. The monoisotopic (exact) mass is 330 g/mol. The molecule has 3 aromatic rings. The van der Waals surface area contributed by atoms with E-state index in [0.29, 0.717) is 34.6 Å². The second kappa shape index (κ2) is 6.42. The number of hydrogen-bond donors (Lipinski definition) is 1. The Morgan fingerprint density at radius 2 is 2.00 bits per heavy atom. The van der Waals surface area contributed by atoms with Gasteiger partial charge in [0.2, 0.25) is 0 Å². The molecule has 23 heavy (non-hydrogen) atoms. The third-order valence-corrected chi connectivity index (χ3v) is 4.27. The first-order valence-corrected chi connectivity index (χ1v) is 7.71. The number of amides is 1. The standard InChI is InChI=1S/C18H16ClFN2O/c1-22-16-8-4-7-15(20)13(16)11-17(22)18(23)21-10-9-12-5-2-3-6-14(12)19/h2-8,11H,9-10H2,1H3,(H,21,23). The smallest absolute Gasteiger partial charge is 0.267 e. The summed E-state index contributed by atoms with van der Waals surface area (Å²) in [5.74, 6) is -0.552. The van der Waals surface area contributed by atoms with Gasteiger partial charge in [0.15, 0.2) is 0 Å². The maximum Gasteiger partial charge on any atom is 0.267 e. The van der Waals surface area contributed by atoms with Crippen molar-refractivity contribution in [3.63, 3.8) is 0 Å². The van der Waals surface area contributed by atoms with E-state index in [1.807, 2.05) is 24.3 Å². The van der Waals surface area contributed by atoms with E-state index in [1.54, 1.807) is 29.8 Å². The van der Waals surface area contributed by atoms with Crippen LogP contribution in [0.15, 0.2) is 48.5 Å². The molecule has 1 heterocycles. The van der Waals surface area contributed by atoms with Crippen molar-refractivity contribution in [3.8, 4) is 0 Å². The molecule has 0 aliphatic heterocycles. The molecular weight excluding hydrogens is 315 g/mol. The molecule has 0 aliphatic carbocycles. The molecule has 3 rings (SSSR count). The SMILES string of the molecule is Cn1c(C(=O)NCCc2ccccc2Cl)cc2c(F)cccc21. The Bertz CT molecular complexity index is 873. The van der Waals surface area contributed by atoms with Gasteiger partial charge >= 0.3 is 0 Å². The average Bonchev–Trinajstić information content (AvgIpc) is 2.88. The van der Waals surface area contributed by atoms with Crippen molar-refractivity contribution >= 4 is 28.4 Å². The van der Waals surface area contributed by atoms with Crippen LogP contribution in [-0.2, 0) is 13.5 Å². The largest absolute Gasteiger partial charge is 0.350 e. The minimum absolute atomic E-state index is 0.227. The Hall–Kier alpha value is -2.33. The van der Waals surface area contributed by atoms with Gasteiger partial charge < -0.3 is 9.88 Å². The number of nitrogens with one attached hydrogen (secondary N) is 1. The molecule has 0 unspecified atom stereocenters. The van der Waals surface area contributed by atoms with Gasteiger partial charge in [-0.1, -0.05) is 35.9 Å². The maximum absolute atomic E-state index is 13.8. The van der Waals surface area contributed by atoms with Crippen molar-refractivity contribution in [1.82, 2.24) is 9.88 Å². The second-order valence-corrected chi connectivity index (χ2v) is 5.77. The summed E-state index contributed by atoms with van der Waals surface area (Å²) >= 11 is 6.09. The van der Waals surface area contributed by atoms with Gasteiger partial charge in [-0.3, -0.25) is 4.79 Å². The van der Waals surface area contributed by atoms with Crippen molar-refractivity contribution in [2.24, 2.45) is 7.05 Å². The topological polar surface area (TPSA) is 34.0 Å². The van der Waals surface area contributed by atoms with Gasteiger partial charge in [-0.05, 0) is 36.2 Å². The molecule has 0 atom stereocenters. The number of aryl methyl sites for hydroxylation is 1. The summed E-state index contributed by atoms with van der Waals surface area (Å²) in [4.78, 5) is 12.3. The van der Waals surface area contributed by atoms with Crippen LogP contribution >= 0.6 is 11.6 Å². The maximum atomic E-state index is 13.8. The number of halogens is 2. The highest BCUT2D eigenvalue weighted by atomic mass is 35.5. The van der Waals surface area contributed by atoms with Gasteiger partial charge in [0.05, 0.1) is 5.52 Å². The predicted octanol–water partition coefficient (Wildman–Crippen LogP) is 3.94. The van der Waals surface area contributed by atoms with Crippen LogP contribution in [0.2, 0.25) is 5.02 Å². The van der Waals surface area contributed by atoms with E-state index in [2.05, 4.69) is 5.32 Å². The van der Waals surface area contributed by atoms with Gasteiger partial charge in [-0.15, -0.1) is 0 Å². The van der Waals surface area contributed by atoms with Crippen molar-refractivity contribution in [2.75, 3.05) is 6.54 Å². The number of aromatic nitrogens is 1. The number of carbonyl (C=O) groups excluding carboxylic acids is 1. The number of nitrogens with zero attached hydrogens (tertiary/aromatic N) is 1. The van der Waals surface area contributed by atoms with E-state index in [1.165, 1.54) is 6.07 Å². The fourth-order valence-electron chi connectivity index (χ4n) is 2.64. The molecule has 0 saturated heterocycles. The first kappa shape index (κ1) is 15.6. The number of fused-ring (bicyclic) bond motifs is 1. The van der Waals surface area contributed by atoms with Crippen molar-refractivity contribution in [1.29, 1.82) is 0 Å². The molecular formula is C18H16ClFN2O. The molecule has 0 saturated carbocycles. The molecule has 2 aromatic carbocycles. The first-order valence-electron chi connectivity index (χ1n) is 7.33. The van der Waals surface area contributed by atoms with Crippen LogP contribution in [0.3, 0.4) is 0 Å². The molecule has 1 amide bonds. The Morgan fingerprint density at radius 1 is 1.22 bits per heavy atom.